The molecule has 1 aliphatic rings. The van der Waals surface area contributed by atoms with E-state index in [0.29, 0.717) is 11.4 Å². The molecule has 0 radical (unpaired) electrons. The highest BCUT2D eigenvalue weighted by atomic mass is 16.5. The van der Waals surface area contributed by atoms with Crippen LogP contribution in [0.3, 0.4) is 0 Å². The zero-order valence-corrected chi connectivity index (χ0v) is 11.6. The van der Waals surface area contributed by atoms with Crippen molar-refractivity contribution in [2.45, 2.75) is 32.1 Å². The maximum atomic E-state index is 5.72. The smallest absolute Gasteiger partial charge is 0.123 e. The summed E-state index contributed by atoms with van der Waals surface area (Å²) in [6, 6.07) is 5.38. The van der Waals surface area contributed by atoms with Crippen LogP contribution in [0.5, 0.6) is 5.75 Å². The molecule has 1 heterocycles. The second-order valence-corrected chi connectivity index (χ2v) is 5.29. The first-order valence-electron chi connectivity index (χ1n) is 7.25. The lowest BCUT2D eigenvalue weighted by molar-refractivity contribution is 0.290. The number of nitrogens with zero attached hydrogens (tertiary/aromatic N) is 1. The maximum absolute atomic E-state index is 5.72. The molecule has 0 aromatic heterocycles. The van der Waals surface area contributed by atoms with Crippen LogP contribution in [0.2, 0.25) is 0 Å². The third-order valence-electron chi connectivity index (χ3n) is 3.54. The molecule has 4 N–H and O–H groups in total. The lowest BCUT2D eigenvalue weighted by Crippen LogP contribution is -2.20. The molecule has 2 rings (SSSR count). The van der Waals surface area contributed by atoms with Crippen molar-refractivity contribution < 1.29 is 4.74 Å². The van der Waals surface area contributed by atoms with E-state index in [1.165, 1.54) is 45.3 Å². The van der Waals surface area contributed by atoms with Crippen LogP contribution < -0.4 is 16.2 Å². The second kappa shape index (κ2) is 7.24. The Morgan fingerprint density at radius 3 is 2.32 bits per heavy atom. The van der Waals surface area contributed by atoms with Gasteiger partial charge in [-0.15, -0.1) is 0 Å². The Hall–Kier alpha value is -1.42. The standard InChI is InChI=1S/C15H25N3O/c16-13-10-14(17)12-15(11-13)19-9-5-1-2-6-18-7-3-4-8-18/h10-12H,1-9,16-17H2. The summed E-state index contributed by atoms with van der Waals surface area (Å²) in [7, 11) is 0. The van der Waals surface area contributed by atoms with E-state index in [9.17, 15) is 0 Å². The predicted molar refractivity (Wildman–Crippen MR) is 80.3 cm³/mol. The molecule has 0 bridgehead atoms. The maximum Gasteiger partial charge on any atom is 0.123 e. The molecule has 0 aliphatic carbocycles. The fraction of sp³-hybridized carbons (Fsp3) is 0.600. The number of likely N-dealkylation sites (tertiary alicyclic amines) is 1. The molecule has 4 nitrogen and oxygen atoms in total. The van der Waals surface area contributed by atoms with Crippen LogP contribution >= 0.6 is 0 Å². The van der Waals surface area contributed by atoms with Crippen molar-refractivity contribution in [2.24, 2.45) is 0 Å². The van der Waals surface area contributed by atoms with E-state index in [1.54, 1.807) is 6.07 Å². The molecule has 1 aliphatic heterocycles. The highest BCUT2D eigenvalue weighted by Gasteiger charge is 2.09. The third kappa shape index (κ3) is 4.99. The van der Waals surface area contributed by atoms with Gasteiger partial charge < -0.3 is 21.1 Å². The molecular weight excluding hydrogens is 238 g/mol. The quantitative estimate of drug-likeness (QED) is 0.586. The molecule has 1 fully saturated rings. The first kappa shape index (κ1) is 14.0. The van der Waals surface area contributed by atoms with Gasteiger partial charge in [-0.2, -0.15) is 0 Å². The Morgan fingerprint density at radius 1 is 0.947 bits per heavy atom. The molecule has 0 spiro atoms. The van der Waals surface area contributed by atoms with Gasteiger partial charge in [-0.25, -0.2) is 0 Å². The van der Waals surface area contributed by atoms with E-state index in [-0.39, 0.29) is 0 Å². The molecule has 1 aromatic carbocycles. The number of anilines is 2. The summed E-state index contributed by atoms with van der Waals surface area (Å²) in [6.07, 6.45) is 6.32. The van der Waals surface area contributed by atoms with Gasteiger partial charge in [0.15, 0.2) is 0 Å². The van der Waals surface area contributed by atoms with Crippen LogP contribution in [0.1, 0.15) is 32.1 Å². The van der Waals surface area contributed by atoms with Crippen molar-refractivity contribution in [1.82, 2.24) is 4.90 Å². The SMILES string of the molecule is Nc1cc(N)cc(OCCCCCN2CCCC2)c1. The summed E-state index contributed by atoms with van der Waals surface area (Å²) >= 11 is 0. The first-order valence-corrected chi connectivity index (χ1v) is 7.25. The molecule has 1 aromatic rings. The second-order valence-electron chi connectivity index (χ2n) is 5.29. The minimum Gasteiger partial charge on any atom is -0.493 e. The largest absolute Gasteiger partial charge is 0.493 e. The number of benzene rings is 1. The molecule has 1 saturated heterocycles. The molecule has 19 heavy (non-hydrogen) atoms. The summed E-state index contributed by atoms with van der Waals surface area (Å²) < 4.78 is 5.67. The fourth-order valence-electron chi connectivity index (χ4n) is 2.54. The van der Waals surface area contributed by atoms with Crippen LogP contribution in [0.4, 0.5) is 11.4 Å². The molecule has 0 atom stereocenters. The average molecular weight is 263 g/mol. The number of ether oxygens (including phenoxy) is 1. The van der Waals surface area contributed by atoms with E-state index >= 15 is 0 Å². The highest BCUT2D eigenvalue weighted by Crippen LogP contribution is 2.20. The van der Waals surface area contributed by atoms with Crippen LogP contribution in [0.15, 0.2) is 18.2 Å². The zero-order chi connectivity index (χ0) is 13.5. The number of nitrogens with two attached hydrogens (primary N) is 2. The van der Waals surface area contributed by atoms with Gasteiger partial charge in [-0.1, -0.05) is 0 Å². The minimum atomic E-state index is 0.657. The molecule has 106 valence electrons. The molecule has 0 saturated carbocycles. The number of unbranched alkanes of at least 4 members (excludes halogenated alkanes) is 2. The lowest BCUT2D eigenvalue weighted by Gasteiger charge is -2.14. The van der Waals surface area contributed by atoms with Crippen LogP contribution in [-0.4, -0.2) is 31.1 Å². The lowest BCUT2D eigenvalue weighted by atomic mass is 10.2. The van der Waals surface area contributed by atoms with Gasteiger partial charge in [0.05, 0.1) is 6.61 Å². The molecule has 4 heteroatoms. The van der Waals surface area contributed by atoms with E-state index < -0.39 is 0 Å². The topological polar surface area (TPSA) is 64.5 Å². The third-order valence-corrected chi connectivity index (χ3v) is 3.54. The summed E-state index contributed by atoms with van der Waals surface area (Å²) in [4.78, 5) is 2.56. The van der Waals surface area contributed by atoms with Crippen molar-refractivity contribution in [1.29, 1.82) is 0 Å². The monoisotopic (exact) mass is 263 g/mol. The van der Waals surface area contributed by atoms with Gasteiger partial charge in [0.1, 0.15) is 5.75 Å². The Kier molecular flexibility index (Phi) is 5.33. The van der Waals surface area contributed by atoms with Crippen molar-refractivity contribution >= 4 is 11.4 Å². The summed E-state index contributed by atoms with van der Waals surface area (Å²) in [5.74, 6) is 0.775. The number of hydrogen-bond donors (Lipinski definition) is 2. The molecular formula is C15H25N3O. The Balaban J connectivity index is 1.56. The number of nitrogen functional groups attached to an aromatic ring is 2. The van der Waals surface area contributed by atoms with E-state index in [2.05, 4.69) is 4.90 Å². The van der Waals surface area contributed by atoms with Gasteiger partial charge in [-0.05, 0) is 57.8 Å². The number of rotatable bonds is 7. The van der Waals surface area contributed by atoms with Gasteiger partial charge in [0.2, 0.25) is 0 Å². The van der Waals surface area contributed by atoms with Crippen LogP contribution in [0.25, 0.3) is 0 Å². The molecule has 0 unspecified atom stereocenters. The van der Waals surface area contributed by atoms with Gasteiger partial charge in [0.25, 0.3) is 0 Å². The summed E-state index contributed by atoms with van der Waals surface area (Å²) in [5.41, 5.74) is 12.7. The summed E-state index contributed by atoms with van der Waals surface area (Å²) in [5, 5.41) is 0. The minimum absolute atomic E-state index is 0.657. The fourth-order valence-corrected chi connectivity index (χ4v) is 2.54. The van der Waals surface area contributed by atoms with Crippen molar-refractivity contribution in [3.8, 4) is 5.75 Å². The first-order chi connectivity index (χ1) is 9.24. The normalized spacial score (nSPS) is 15.8. The van der Waals surface area contributed by atoms with Crippen molar-refractivity contribution in [2.75, 3.05) is 37.7 Å². The Labute approximate surface area is 115 Å². The molecule has 0 amide bonds. The van der Waals surface area contributed by atoms with Gasteiger partial charge in [0, 0.05) is 23.5 Å². The number of hydrogen-bond acceptors (Lipinski definition) is 4. The zero-order valence-electron chi connectivity index (χ0n) is 11.6. The Bertz CT molecular complexity index is 369. The van der Waals surface area contributed by atoms with Crippen molar-refractivity contribution in [3.05, 3.63) is 18.2 Å². The van der Waals surface area contributed by atoms with E-state index in [1.807, 2.05) is 12.1 Å². The average Bonchev–Trinajstić information content (AvgIpc) is 2.85. The van der Waals surface area contributed by atoms with Crippen LogP contribution in [-0.2, 0) is 0 Å². The van der Waals surface area contributed by atoms with Crippen LogP contribution in [0, 0.1) is 0 Å². The predicted octanol–water partition coefficient (Wildman–Crippen LogP) is 2.50. The van der Waals surface area contributed by atoms with Gasteiger partial charge >= 0.3 is 0 Å². The van der Waals surface area contributed by atoms with E-state index in [4.69, 9.17) is 16.2 Å². The van der Waals surface area contributed by atoms with Gasteiger partial charge in [-0.3, -0.25) is 0 Å². The van der Waals surface area contributed by atoms with Crippen molar-refractivity contribution in [3.63, 3.8) is 0 Å². The Morgan fingerprint density at radius 2 is 1.63 bits per heavy atom. The van der Waals surface area contributed by atoms with E-state index in [0.717, 1.165) is 18.8 Å². The summed E-state index contributed by atoms with van der Waals surface area (Å²) in [6.45, 7) is 4.56. The highest BCUT2D eigenvalue weighted by molar-refractivity contribution is 5.56.